The van der Waals surface area contributed by atoms with Gasteiger partial charge in [0.1, 0.15) is 6.33 Å². The van der Waals surface area contributed by atoms with Gasteiger partial charge in [0, 0.05) is 6.54 Å². The van der Waals surface area contributed by atoms with E-state index < -0.39 is 10.0 Å². The SMILES string of the molecule is CNCc1ccc(S(=O)(=O)Nc2cncnc2)cc1. The lowest BCUT2D eigenvalue weighted by molar-refractivity contribution is 0.601. The third kappa shape index (κ3) is 3.49. The van der Waals surface area contributed by atoms with Gasteiger partial charge in [0.05, 0.1) is 23.0 Å². The van der Waals surface area contributed by atoms with Crippen molar-refractivity contribution in [2.24, 2.45) is 0 Å². The van der Waals surface area contributed by atoms with Gasteiger partial charge in [-0.05, 0) is 24.7 Å². The fourth-order valence-electron chi connectivity index (χ4n) is 1.56. The summed E-state index contributed by atoms with van der Waals surface area (Å²) in [5.74, 6) is 0. The van der Waals surface area contributed by atoms with Gasteiger partial charge in [-0.3, -0.25) is 4.72 Å². The molecule has 7 heteroatoms. The fourth-order valence-corrected chi connectivity index (χ4v) is 2.58. The lowest BCUT2D eigenvalue weighted by Crippen LogP contribution is -2.13. The van der Waals surface area contributed by atoms with E-state index in [1.54, 1.807) is 24.3 Å². The highest BCUT2D eigenvalue weighted by Crippen LogP contribution is 2.15. The molecule has 100 valence electrons. The van der Waals surface area contributed by atoms with E-state index in [0.29, 0.717) is 12.2 Å². The molecule has 0 fully saturated rings. The molecule has 2 N–H and O–H groups in total. The summed E-state index contributed by atoms with van der Waals surface area (Å²) in [6.45, 7) is 0.695. The van der Waals surface area contributed by atoms with Crippen LogP contribution in [0.25, 0.3) is 0 Å². The number of sulfonamides is 1. The Hall–Kier alpha value is -1.99. The van der Waals surface area contributed by atoms with Gasteiger partial charge in [0.25, 0.3) is 10.0 Å². The number of anilines is 1. The van der Waals surface area contributed by atoms with Crippen LogP contribution < -0.4 is 10.0 Å². The molecule has 2 rings (SSSR count). The highest BCUT2D eigenvalue weighted by molar-refractivity contribution is 7.92. The molecule has 1 aromatic heterocycles. The number of hydrogen-bond acceptors (Lipinski definition) is 5. The number of nitrogens with one attached hydrogen (secondary N) is 2. The Morgan fingerprint density at radius 2 is 1.74 bits per heavy atom. The molecule has 1 aromatic carbocycles. The van der Waals surface area contributed by atoms with Crippen molar-refractivity contribution in [3.8, 4) is 0 Å². The van der Waals surface area contributed by atoms with Gasteiger partial charge < -0.3 is 5.32 Å². The summed E-state index contributed by atoms with van der Waals surface area (Å²) in [5, 5.41) is 3.00. The zero-order valence-corrected chi connectivity index (χ0v) is 11.2. The van der Waals surface area contributed by atoms with Crippen LogP contribution in [0, 0.1) is 0 Å². The maximum atomic E-state index is 12.1. The molecule has 0 unspecified atom stereocenters. The Morgan fingerprint density at radius 3 is 2.32 bits per heavy atom. The van der Waals surface area contributed by atoms with E-state index in [1.807, 2.05) is 7.05 Å². The van der Waals surface area contributed by atoms with E-state index in [9.17, 15) is 8.42 Å². The number of aromatic nitrogens is 2. The van der Waals surface area contributed by atoms with Crippen molar-refractivity contribution in [2.45, 2.75) is 11.4 Å². The van der Waals surface area contributed by atoms with E-state index in [4.69, 9.17) is 0 Å². The van der Waals surface area contributed by atoms with Crippen LogP contribution in [0.15, 0.2) is 47.9 Å². The standard InChI is InChI=1S/C12H14N4O2S/c1-13-6-10-2-4-12(5-3-10)19(17,18)16-11-7-14-9-15-8-11/h2-5,7-9,13,16H,6H2,1H3. The molecular formula is C12H14N4O2S. The van der Waals surface area contributed by atoms with Crippen LogP contribution in [0.5, 0.6) is 0 Å². The third-order valence-electron chi connectivity index (χ3n) is 2.43. The monoisotopic (exact) mass is 278 g/mol. The number of rotatable bonds is 5. The van der Waals surface area contributed by atoms with E-state index in [-0.39, 0.29) is 4.90 Å². The second-order valence-corrected chi connectivity index (χ2v) is 5.59. The minimum atomic E-state index is -3.60. The van der Waals surface area contributed by atoms with Crippen LogP contribution in [0.3, 0.4) is 0 Å². The van der Waals surface area contributed by atoms with E-state index in [1.165, 1.54) is 18.7 Å². The highest BCUT2D eigenvalue weighted by atomic mass is 32.2. The Balaban J connectivity index is 2.20. The Labute approximate surface area is 112 Å². The van der Waals surface area contributed by atoms with Crippen LogP contribution in [0.4, 0.5) is 5.69 Å². The molecule has 0 bridgehead atoms. The quantitative estimate of drug-likeness (QED) is 0.852. The molecule has 1 heterocycles. The van der Waals surface area contributed by atoms with Gasteiger partial charge in [-0.25, -0.2) is 18.4 Å². The molecule has 0 aliphatic rings. The predicted octanol–water partition coefficient (Wildman–Crippen LogP) is 0.997. The van der Waals surface area contributed by atoms with Gasteiger partial charge in [0.15, 0.2) is 0 Å². The fraction of sp³-hybridized carbons (Fsp3) is 0.167. The molecule has 0 spiro atoms. The van der Waals surface area contributed by atoms with Crippen molar-refractivity contribution in [2.75, 3.05) is 11.8 Å². The Bertz CT molecular complexity index is 627. The van der Waals surface area contributed by atoms with Crippen LogP contribution in [0.1, 0.15) is 5.56 Å². The average Bonchev–Trinajstić information content (AvgIpc) is 2.40. The zero-order chi connectivity index (χ0) is 13.7. The van der Waals surface area contributed by atoms with Gasteiger partial charge in [-0.2, -0.15) is 0 Å². The molecule has 0 radical (unpaired) electrons. The van der Waals surface area contributed by atoms with Crippen molar-refractivity contribution in [1.29, 1.82) is 0 Å². The Morgan fingerprint density at radius 1 is 1.11 bits per heavy atom. The van der Waals surface area contributed by atoms with Crippen molar-refractivity contribution in [3.63, 3.8) is 0 Å². The van der Waals surface area contributed by atoms with Crippen LogP contribution in [-0.2, 0) is 16.6 Å². The first-order valence-electron chi connectivity index (χ1n) is 5.63. The van der Waals surface area contributed by atoms with Gasteiger partial charge in [-0.1, -0.05) is 12.1 Å². The van der Waals surface area contributed by atoms with E-state index in [0.717, 1.165) is 5.56 Å². The minimum absolute atomic E-state index is 0.205. The molecule has 0 aliphatic carbocycles. The first-order chi connectivity index (χ1) is 9.12. The van der Waals surface area contributed by atoms with Crippen molar-refractivity contribution < 1.29 is 8.42 Å². The van der Waals surface area contributed by atoms with Gasteiger partial charge in [-0.15, -0.1) is 0 Å². The van der Waals surface area contributed by atoms with E-state index in [2.05, 4.69) is 20.0 Å². The molecule has 0 aliphatic heterocycles. The highest BCUT2D eigenvalue weighted by Gasteiger charge is 2.13. The van der Waals surface area contributed by atoms with Crippen molar-refractivity contribution in [3.05, 3.63) is 48.5 Å². The summed E-state index contributed by atoms with van der Waals surface area (Å²) in [7, 11) is -1.76. The first-order valence-corrected chi connectivity index (χ1v) is 7.11. The first kappa shape index (κ1) is 13.4. The molecule has 0 saturated heterocycles. The topological polar surface area (TPSA) is 84.0 Å². The Kier molecular flexibility index (Phi) is 4.08. The van der Waals surface area contributed by atoms with Crippen LogP contribution >= 0.6 is 0 Å². The summed E-state index contributed by atoms with van der Waals surface area (Å²) in [4.78, 5) is 7.71. The average molecular weight is 278 g/mol. The molecule has 0 atom stereocenters. The molecule has 6 nitrogen and oxygen atoms in total. The summed E-state index contributed by atoms with van der Waals surface area (Å²) >= 11 is 0. The van der Waals surface area contributed by atoms with Gasteiger partial charge >= 0.3 is 0 Å². The maximum absolute atomic E-state index is 12.1. The smallest absolute Gasteiger partial charge is 0.261 e. The minimum Gasteiger partial charge on any atom is -0.316 e. The molecule has 2 aromatic rings. The number of hydrogen-bond donors (Lipinski definition) is 2. The summed E-state index contributed by atoms with van der Waals surface area (Å²) in [6, 6.07) is 6.68. The predicted molar refractivity (Wildman–Crippen MR) is 72.0 cm³/mol. The normalized spacial score (nSPS) is 11.2. The summed E-state index contributed by atoms with van der Waals surface area (Å²) in [6.07, 6.45) is 4.14. The number of nitrogens with zero attached hydrogens (tertiary/aromatic N) is 2. The summed E-state index contributed by atoms with van der Waals surface area (Å²) in [5.41, 5.74) is 1.35. The van der Waals surface area contributed by atoms with Crippen molar-refractivity contribution >= 4 is 15.7 Å². The lowest BCUT2D eigenvalue weighted by atomic mass is 10.2. The lowest BCUT2D eigenvalue weighted by Gasteiger charge is -2.08. The zero-order valence-electron chi connectivity index (χ0n) is 10.4. The van der Waals surface area contributed by atoms with Crippen molar-refractivity contribution in [1.82, 2.24) is 15.3 Å². The maximum Gasteiger partial charge on any atom is 0.261 e. The second-order valence-electron chi connectivity index (χ2n) is 3.91. The number of benzene rings is 1. The molecule has 0 amide bonds. The van der Waals surface area contributed by atoms with Gasteiger partial charge in [0.2, 0.25) is 0 Å². The molecule has 19 heavy (non-hydrogen) atoms. The third-order valence-corrected chi connectivity index (χ3v) is 3.82. The van der Waals surface area contributed by atoms with Crippen LogP contribution in [-0.4, -0.2) is 25.4 Å². The largest absolute Gasteiger partial charge is 0.316 e. The second kappa shape index (κ2) is 5.77. The van der Waals surface area contributed by atoms with E-state index >= 15 is 0 Å². The van der Waals surface area contributed by atoms with Crippen LogP contribution in [0.2, 0.25) is 0 Å². The molecular weight excluding hydrogens is 264 g/mol. The summed E-state index contributed by atoms with van der Waals surface area (Å²) < 4.78 is 26.6. The molecule has 0 saturated carbocycles.